The minimum atomic E-state index is 0.143. The Kier molecular flexibility index (Phi) is 4.01. The Morgan fingerprint density at radius 1 is 1.30 bits per heavy atom. The Morgan fingerprint density at radius 2 is 2.15 bits per heavy atom. The second-order valence-electron chi connectivity index (χ2n) is 4.99. The maximum absolute atomic E-state index is 6.21. The molecule has 2 aromatic rings. The molecule has 20 heavy (non-hydrogen) atoms. The fraction of sp³-hybridized carbons (Fsp3) is 0.250. The van der Waals surface area contributed by atoms with Crippen LogP contribution in [0.5, 0.6) is 5.75 Å². The summed E-state index contributed by atoms with van der Waals surface area (Å²) in [5.74, 6) is 0.925. The lowest BCUT2D eigenvalue weighted by Gasteiger charge is -2.12. The van der Waals surface area contributed by atoms with E-state index >= 15 is 0 Å². The van der Waals surface area contributed by atoms with Gasteiger partial charge in [-0.25, -0.2) is 0 Å². The Balaban J connectivity index is 1.79. The van der Waals surface area contributed by atoms with Gasteiger partial charge in [0.1, 0.15) is 12.4 Å². The van der Waals surface area contributed by atoms with Gasteiger partial charge in [0.05, 0.1) is 0 Å². The van der Waals surface area contributed by atoms with Crippen LogP contribution in [0, 0.1) is 0 Å². The maximum Gasteiger partial charge on any atom is 0.123 e. The monoisotopic (exact) mass is 351 g/mol. The number of halogens is 2. The van der Waals surface area contributed by atoms with Gasteiger partial charge in [-0.05, 0) is 42.2 Å². The van der Waals surface area contributed by atoms with Crippen LogP contribution in [0.1, 0.15) is 29.2 Å². The Labute approximate surface area is 132 Å². The number of hydrogen-bond acceptors (Lipinski definition) is 2. The lowest BCUT2D eigenvalue weighted by Crippen LogP contribution is -2.05. The van der Waals surface area contributed by atoms with E-state index in [4.69, 9.17) is 22.1 Å². The van der Waals surface area contributed by atoms with Gasteiger partial charge in [-0.2, -0.15) is 0 Å². The Morgan fingerprint density at radius 3 is 2.95 bits per heavy atom. The van der Waals surface area contributed by atoms with E-state index in [9.17, 15) is 0 Å². The van der Waals surface area contributed by atoms with Crippen LogP contribution in [-0.4, -0.2) is 0 Å². The highest BCUT2D eigenvalue weighted by atomic mass is 79.9. The summed E-state index contributed by atoms with van der Waals surface area (Å²) in [7, 11) is 0. The van der Waals surface area contributed by atoms with Crippen LogP contribution in [0.2, 0.25) is 5.02 Å². The van der Waals surface area contributed by atoms with Crippen molar-refractivity contribution in [3.63, 3.8) is 0 Å². The molecule has 0 aliphatic heterocycles. The van der Waals surface area contributed by atoms with Crippen molar-refractivity contribution in [2.45, 2.75) is 25.5 Å². The molecule has 2 nitrogen and oxygen atoms in total. The van der Waals surface area contributed by atoms with Crippen molar-refractivity contribution in [2.75, 3.05) is 0 Å². The summed E-state index contributed by atoms with van der Waals surface area (Å²) >= 11 is 9.61. The van der Waals surface area contributed by atoms with Gasteiger partial charge < -0.3 is 10.5 Å². The summed E-state index contributed by atoms with van der Waals surface area (Å²) < 4.78 is 6.92. The molecule has 0 saturated heterocycles. The van der Waals surface area contributed by atoms with E-state index in [1.807, 2.05) is 30.3 Å². The maximum atomic E-state index is 6.21. The van der Waals surface area contributed by atoms with E-state index in [2.05, 4.69) is 22.0 Å². The zero-order valence-corrected chi connectivity index (χ0v) is 13.2. The number of fused-ring (bicyclic) bond motifs is 1. The van der Waals surface area contributed by atoms with Gasteiger partial charge in [-0.15, -0.1) is 0 Å². The molecule has 2 N–H and O–H groups in total. The van der Waals surface area contributed by atoms with E-state index < -0.39 is 0 Å². The largest absolute Gasteiger partial charge is 0.489 e. The van der Waals surface area contributed by atoms with Crippen LogP contribution in [-0.2, 0) is 13.0 Å². The second-order valence-corrected chi connectivity index (χ2v) is 6.32. The van der Waals surface area contributed by atoms with Crippen LogP contribution in [0.4, 0.5) is 0 Å². The SMILES string of the molecule is NC1CCc2c(OCc3ccc(Br)cc3Cl)cccc21. The minimum absolute atomic E-state index is 0.143. The first kappa shape index (κ1) is 13.9. The molecule has 0 saturated carbocycles. The molecule has 1 aliphatic carbocycles. The zero-order chi connectivity index (χ0) is 14.1. The van der Waals surface area contributed by atoms with Crippen LogP contribution in [0.3, 0.4) is 0 Å². The van der Waals surface area contributed by atoms with Gasteiger partial charge in [-0.1, -0.05) is 45.7 Å². The predicted octanol–water partition coefficient (Wildman–Crippen LogP) is 4.63. The third-order valence-corrected chi connectivity index (χ3v) is 4.52. The molecule has 104 valence electrons. The third-order valence-electron chi connectivity index (χ3n) is 3.67. The van der Waals surface area contributed by atoms with Crippen LogP contribution in [0.15, 0.2) is 40.9 Å². The van der Waals surface area contributed by atoms with Gasteiger partial charge in [0.2, 0.25) is 0 Å². The lowest BCUT2D eigenvalue weighted by atomic mass is 10.1. The van der Waals surface area contributed by atoms with Crippen molar-refractivity contribution in [3.05, 3.63) is 62.6 Å². The fourth-order valence-electron chi connectivity index (χ4n) is 2.58. The van der Waals surface area contributed by atoms with E-state index in [0.717, 1.165) is 28.6 Å². The average Bonchev–Trinajstić information content (AvgIpc) is 2.80. The van der Waals surface area contributed by atoms with Gasteiger partial charge in [0, 0.05) is 21.1 Å². The van der Waals surface area contributed by atoms with E-state index in [1.54, 1.807) is 0 Å². The summed E-state index contributed by atoms with van der Waals surface area (Å²) in [6.45, 7) is 0.470. The summed E-state index contributed by atoms with van der Waals surface area (Å²) in [5.41, 5.74) is 9.52. The van der Waals surface area contributed by atoms with Gasteiger partial charge in [0.15, 0.2) is 0 Å². The summed E-state index contributed by atoms with van der Waals surface area (Å²) in [6, 6.07) is 12.1. The molecule has 0 aromatic heterocycles. The van der Waals surface area contributed by atoms with Crippen molar-refractivity contribution < 1.29 is 4.74 Å². The van der Waals surface area contributed by atoms with Gasteiger partial charge in [-0.3, -0.25) is 0 Å². The molecule has 0 radical (unpaired) electrons. The summed E-state index contributed by atoms with van der Waals surface area (Å²) in [4.78, 5) is 0. The molecule has 0 spiro atoms. The van der Waals surface area contributed by atoms with Gasteiger partial charge >= 0.3 is 0 Å². The molecular formula is C16H15BrClNO. The molecule has 3 rings (SSSR count). The molecule has 2 aromatic carbocycles. The number of nitrogens with two attached hydrogens (primary N) is 1. The van der Waals surface area contributed by atoms with Crippen molar-refractivity contribution in [1.82, 2.24) is 0 Å². The Hall–Kier alpha value is -1.03. The van der Waals surface area contributed by atoms with Crippen LogP contribution >= 0.6 is 27.5 Å². The molecule has 1 unspecified atom stereocenters. The first-order valence-corrected chi connectivity index (χ1v) is 7.76. The molecule has 4 heteroatoms. The smallest absolute Gasteiger partial charge is 0.123 e. The predicted molar refractivity (Wildman–Crippen MR) is 85.2 cm³/mol. The second kappa shape index (κ2) is 5.76. The normalized spacial score (nSPS) is 17.1. The lowest BCUT2D eigenvalue weighted by molar-refractivity contribution is 0.303. The number of benzene rings is 2. The van der Waals surface area contributed by atoms with Crippen molar-refractivity contribution in [1.29, 1.82) is 0 Å². The quantitative estimate of drug-likeness (QED) is 0.874. The van der Waals surface area contributed by atoms with Gasteiger partial charge in [0.25, 0.3) is 0 Å². The molecular weight excluding hydrogens is 338 g/mol. The molecule has 0 heterocycles. The van der Waals surface area contributed by atoms with Crippen LogP contribution < -0.4 is 10.5 Å². The highest BCUT2D eigenvalue weighted by Crippen LogP contribution is 2.36. The topological polar surface area (TPSA) is 35.2 Å². The third kappa shape index (κ3) is 2.71. The van der Waals surface area contributed by atoms with E-state index in [0.29, 0.717) is 11.6 Å². The van der Waals surface area contributed by atoms with Crippen molar-refractivity contribution >= 4 is 27.5 Å². The standard InChI is InChI=1S/C16H15BrClNO/c17-11-5-4-10(14(18)8-11)9-20-16-3-1-2-12-13(16)6-7-15(12)19/h1-5,8,15H,6-7,9,19H2. The highest BCUT2D eigenvalue weighted by Gasteiger charge is 2.22. The molecule has 1 aliphatic rings. The number of hydrogen-bond donors (Lipinski definition) is 1. The molecule has 0 bridgehead atoms. The first-order chi connectivity index (χ1) is 9.65. The molecule has 0 fully saturated rings. The number of ether oxygens (including phenoxy) is 1. The van der Waals surface area contributed by atoms with E-state index in [-0.39, 0.29) is 6.04 Å². The first-order valence-electron chi connectivity index (χ1n) is 6.59. The number of rotatable bonds is 3. The zero-order valence-electron chi connectivity index (χ0n) is 10.9. The van der Waals surface area contributed by atoms with Crippen molar-refractivity contribution in [3.8, 4) is 5.75 Å². The Bertz CT molecular complexity index is 644. The summed E-state index contributed by atoms with van der Waals surface area (Å²) in [5, 5.41) is 0.712. The fourth-order valence-corrected chi connectivity index (χ4v) is 3.31. The van der Waals surface area contributed by atoms with E-state index in [1.165, 1.54) is 11.1 Å². The minimum Gasteiger partial charge on any atom is -0.489 e. The van der Waals surface area contributed by atoms with Crippen molar-refractivity contribution in [2.24, 2.45) is 5.73 Å². The molecule has 0 amide bonds. The van der Waals surface area contributed by atoms with Crippen LogP contribution in [0.25, 0.3) is 0 Å². The summed E-state index contributed by atoms with van der Waals surface area (Å²) in [6.07, 6.45) is 1.98. The molecule has 1 atom stereocenters. The highest BCUT2D eigenvalue weighted by molar-refractivity contribution is 9.10. The average molecular weight is 353 g/mol.